The fraction of sp³-hybridized carbons (Fsp3) is 0.368. The second-order valence-corrected chi connectivity index (χ2v) is 8.43. The summed E-state index contributed by atoms with van der Waals surface area (Å²) in [7, 11) is 0. The Labute approximate surface area is 184 Å². The van der Waals surface area contributed by atoms with Crippen LogP contribution >= 0.6 is 15.9 Å². The number of hydrogen-bond donors (Lipinski definition) is 1. The van der Waals surface area contributed by atoms with E-state index in [1.165, 1.54) is 0 Å². The van der Waals surface area contributed by atoms with Crippen molar-refractivity contribution in [3.63, 3.8) is 0 Å². The molecule has 0 atom stereocenters. The van der Waals surface area contributed by atoms with E-state index in [4.69, 9.17) is 14.4 Å². The van der Waals surface area contributed by atoms with E-state index >= 15 is 0 Å². The predicted molar refractivity (Wildman–Crippen MR) is 109 cm³/mol. The van der Waals surface area contributed by atoms with Crippen molar-refractivity contribution in [1.29, 1.82) is 0 Å². The van der Waals surface area contributed by atoms with Gasteiger partial charge in [0.25, 0.3) is 0 Å². The molecule has 1 aromatic carbocycles. The van der Waals surface area contributed by atoms with Gasteiger partial charge in [0.05, 0.1) is 12.0 Å². The number of fused-ring (bicyclic) bond motifs is 1. The number of carboxylic acids is 1. The molecular formula is C19H17BrN6O5. The van der Waals surface area contributed by atoms with Crippen molar-refractivity contribution in [3.05, 3.63) is 34.3 Å². The molecule has 11 nitrogen and oxygen atoms in total. The number of aliphatic carboxylic acids is 1. The number of carbonyl (C=O) groups excluding carboxylic acids is 1. The van der Waals surface area contributed by atoms with Crippen molar-refractivity contribution in [2.45, 2.75) is 31.4 Å². The largest absolute Gasteiger partial charge is 0.486 e. The van der Waals surface area contributed by atoms with Gasteiger partial charge in [-0.05, 0) is 33.3 Å². The zero-order valence-corrected chi connectivity index (χ0v) is 17.8. The number of piperidine rings is 1. The summed E-state index contributed by atoms with van der Waals surface area (Å²) in [5.74, 6) is 0.721. The molecule has 0 unspecified atom stereocenters. The standard InChI is InChI=1S/C19H17BrN6O5/c20-11-2-1-3-13-17(11)12(27)9-19(30-13)4-6-25(7-5-19)15-8-14(31-23-15)18-21-24-26(22-18)10-16(28)29/h1-3,8H,4-7,9-10H2,(H,28,29). The third kappa shape index (κ3) is 3.67. The number of aromatic nitrogens is 5. The number of anilines is 1. The molecule has 0 saturated carbocycles. The molecule has 160 valence electrons. The van der Waals surface area contributed by atoms with E-state index in [1.54, 1.807) is 6.07 Å². The van der Waals surface area contributed by atoms with Crippen LogP contribution in [0.5, 0.6) is 5.75 Å². The highest BCUT2D eigenvalue weighted by Crippen LogP contribution is 2.42. The van der Waals surface area contributed by atoms with Gasteiger partial charge in [0.1, 0.15) is 11.4 Å². The van der Waals surface area contributed by atoms with Crippen LogP contribution < -0.4 is 9.64 Å². The zero-order valence-electron chi connectivity index (χ0n) is 16.2. The lowest BCUT2D eigenvalue weighted by Gasteiger charge is -2.44. The Balaban J connectivity index is 1.28. The molecule has 2 aliphatic rings. The monoisotopic (exact) mass is 488 g/mol. The van der Waals surface area contributed by atoms with Crippen LogP contribution in [0.2, 0.25) is 0 Å². The van der Waals surface area contributed by atoms with Gasteiger partial charge in [0, 0.05) is 36.5 Å². The Morgan fingerprint density at radius 2 is 2.10 bits per heavy atom. The first-order chi connectivity index (χ1) is 14.9. The van der Waals surface area contributed by atoms with Crippen molar-refractivity contribution < 1.29 is 24.0 Å². The maximum absolute atomic E-state index is 12.8. The van der Waals surface area contributed by atoms with Crippen LogP contribution in [0.3, 0.4) is 0 Å². The van der Waals surface area contributed by atoms with Gasteiger partial charge in [0.15, 0.2) is 18.1 Å². The predicted octanol–water partition coefficient (Wildman–Crippen LogP) is 2.18. The van der Waals surface area contributed by atoms with Crippen LogP contribution in [0, 0.1) is 0 Å². The minimum Gasteiger partial charge on any atom is -0.486 e. The molecule has 31 heavy (non-hydrogen) atoms. The molecular weight excluding hydrogens is 472 g/mol. The summed E-state index contributed by atoms with van der Waals surface area (Å²) in [5.41, 5.74) is 0.0924. The number of halogens is 1. The minimum absolute atomic E-state index is 0.0846. The number of carboxylic acid groups (broad SMARTS) is 1. The second kappa shape index (κ2) is 7.45. The molecule has 0 bridgehead atoms. The highest BCUT2D eigenvalue weighted by atomic mass is 79.9. The third-order valence-electron chi connectivity index (χ3n) is 5.51. The molecule has 1 spiro atoms. The van der Waals surface area contributed by atoms with E-state index in [-0.39, 0.29) is 18.2 Å². The summed E-state index contributed by atoms with van der Waals surface area (Å²) in [6.07, 6.45) is 1.68. The van der Waals surface area contributed by atoms with Crippen LogP contribution in [-0.4, -0.2) is 60.9 Å². The Morgan fingerprint density at radius 1 is 1.29 bits per heavy atom. The van der Waals surface area contributed by atoms with Crippen LogP contribution in [0.1, 0.15) is 29.6 Å². The van der Waals surface area contributed by atoms with Gasteiger partial charge in [0.2, 0.25) is 11.6 Å². The number of ketones is 1. The number of hydrogen-bond acceptors (Lipinski definition) is 9. The molecule has 5 rings (SSSR count). The van der Waals surface area contributed by atoms with Crippen LogP contribution in [0.4, 0.5) is 5.82 Å². The Hall–Kier alpha value is -3.28. The highest BCUT2D eigenvalue weighted by molar-refractivity contribution is 9.10. The van der Waals surface area contributed by atoms with Crippen LogP contribution in [-0.2, 0) is 11.3 Å². The Morgan fingerprint density at radius 3 is 2.87 bits per heavy atom. The van der Waals surface area contributed by atoms with Crippen LogP contribution in [0.15, 0.2) is 33.3 Å². The molecule has 3 aromatic rings. The van der Waals surface area contributed by atoms with Gasteiger partial charge in [-0.25, -0.2) is 0 Å². The number of ether oxygens (including phenoxy) is 1. The molecule has 0 radical (unpaired) electrons. The molecule has 0 amide bonds. The van der Waals surface area contributed by atoms with E-state index in [0.717, 1.165) is 9.27 Å². The average Bonchev–Trinajstić information content (AvgIpc) is 3.37. The normalized spacial score (nSPS) is 17.5. The topological polar surface area (TPSA) is 136 Å². The number of rotatable bonds is 4. The quantitative estimate of drug-likeness (QED) is 0.581. The zero-order chi connectivity index (χ0) is 21.6. The summed E-state index contributed by atoms with van der Waals surface area (Å²) in [6.45, 7) is 0.893. The third-order valence-corrected chi connectivity index (χ3v) is 6.17. The fourth-order valence-corrected chi connectivity index (χ4v) is 4.55. The molecule has 0 aliphatic carbocycles. The first-order valence-electron chi connectivity index (χ1n) is 9.65. The second-order valence-electron chi connectivity index (χ2n) is 7.57. The molecule has 1 fully saturated rings. The maximum Gasteiger partial charge on any atom is 0.327 e. The number of carbonyl (C=O) groups is 2. The lowest BCUT2D eigenvalue weighted by molar-refractivity contribution is -0.138. The van der Waals surface area contributed by atoms with Crippen molar-refractivity contribution in [2.75, 3.05) is 18.0 Å². The number of Topliss-reactive ketones (excluding diaryl/α,β-unsaturated/α-hetero) is 1. The SMILES string of the molecule is O=C(O)Cn1nnc(-c2cc(N3CCC4(CC3)CC(=O)c3c(Br)cccc3O4)no2)n1. The summed E-state index contributed by atoms with van der Waals surface area (Å²) in [4.78, 5) is 26.5. The molecule has 12 heteroatoms. The summed E-state index contributed by atoms with van der Waals surface area (Å²) in [6, 6.07) is 7.24. The average molecular weight is 489 g/mol. The summed E-state index contributed by atoms with van der Waals surface area (Å²) < 4.78 is 12.4. The van der Waals surface area contributed by atoms with Crippen molar-refractivity contribution in [3.8, 4) is 17.3 Å². The Kier molecular flexibility index (Phi) is 4.73. The minimum atomic E-state index is -1.07. The molecule has 2 aromatic heterocycles. The smallest absolute Gasteiger partial charge is 0.327 e. The molecule has 2 aliphatic heterocycles. The van der Waals surface area contributed by atoms with E-state index in [0.29, 0.717) is 55.2 Å². The van der Waals surface area contributed by atoms with Crippen molar-refractivity contribution in [1.82, 2.24) is 25.4 Å². The Bertz CT molecular complexity index is 1170. The lowest BCUT2D eigenvalue weighted by atomic mass is 9.82. The number of benzene rings is 1. The maximum atomic E-state index is 12.8. The van der Waals surface area contributed by atoms with E-state index in [2.05, 4.69) is 36.5 Å². The summed E-state index contributed by atoms with van der Waals surface area (Å²) in [5, 5.41) is 24.4. The number of nitrogens with zero attached hydrogens (tertiary/aromatic N) is 6. The van der Waals surface area contributed by atoms with E-state index in [1.807, 2.05) is 23.1 Å². The van der Waals surface area contributed by atoms with Crippen molar-refractivity contribution in [2.24, 2.45) is 0 Å². The van der Waals surface area contributed by atoms with Crippen molar-refractivity contribution >= 4 is 33.5 Å². The van der Waals surface area contributed by atoms with Gasteiger partial charge in [-0.2, -0.15) is 4.80 Å². The van der Waals surface area contributed by atoms with E-state index < -0.39 is 11.6 Å². The van der Waals surface area contributed by atoms with Gasteiger partial charge in [-0.15, -0.1) is 10.2 Å². The first kappa shape index (κ1) is 19.7. The van der Waals surface area contributed by atoms with Gasteiger partial charge in [-0.1, -0.05) is 11.2 Å². The first-order valence-corrected chi connectivity index (χ1v) is 10.4. The summed E-state index contributed by atoms with van der Waals surface area (Å²) >= 11 is 3.44. The molecule has 1 N–H and O–H groups in total. The van der Waals surface area contributed by atoms with E-state index in [9.17, 15) is 9.59 Å². The number of tetrazole rings is 1. The van der Waals surface area contributed by atoms with Crippen LogP contribution in [0.25, 0.3) is 11.6 Å². The molecule has 1 saturated heterocycles. The lowest BCUT2D eigenvalue weighted by Crippen LogP contribution is -2.51. The van der Waals surface area contributed by atoms with Gasteiger partial charge in [-0.3, -0.25) is 9.59 Å². The molecule has 4 heterocycles. The fourth-order valence-electron chi connectivity index (χ4n) is 3.98. The van der Waals surface area contributed by atoms with Gasteiger partial charge < -0.3 is 19.3 Å². The highest BCUT2D eigenvalue weighted by Gasteiger charge is 2.44. The van der Waals surface area contributed by atoms with Gasteiger partial charge >= 0.3 is 5.97 Å².